The Morgan fingerprint density at radius 2 is 2.23 bits per heavy atom. The largest absolute Gasteiger partial charge is 0.496 e. The van der Waals surface area contributed by atoms with E-state index in [9.17, 15) is 4.79 Å². The summed E-state index contributed by atoms with van der Waals surface area (Å²) in [5.74, 6) is 1.20. The molecule has 2 aromatic rings. The van der Waals surface area contributed by atoms with E-state index in [0.29, 0.717) is 29.4 Å². The molecular formula is C15H15ClN4O2. The molecule has 1 saturated heterocycles. The van der Waals surface area contributed by atoms with E-state index in [2.05, 4.69) is 15.3 Å². The topological polar surface area (TPSA) is 67.3 Å². The van der Waals surface area contributed by atoms with Gasteiger partial charge in [0.2, 0.25) is 0 Å². The van der Waals surface area contributed by atoms with Gasteiger partial charge in [-0.1, -0.05) is 11.6 Å². The highest BCUT2D eigenvalue weighted by Crippen LogP contribution is 2.26. The number of ether oxygens (including phenoxy) is 1. The Morgan fingerprint density at radius 3 is 2.91 bits per heavy atom. The molecule has 1 aromatic carbocycles. The van der Waals surface area contributed by atoms with Gasteiger partial charge < -0.3 is 15.0 Å². The average molecular weight is 319 g/mol. The number of likely N-dealkylation sites (tertiary alicyclic amines) is 1. The monoisotopic (exact) mass is 318 g/mol. The number of anilines is 1. The van der Waals surface area contributed by atoms with Crippen molar-refractivity contribution in [2.24, 2.45) is 0 Å². The minimum Gasteiger partial charge on any atom is -0.496 e. The fourth-order valence-corrected chi connectivity index (χ4v) is 2.51. The summed E-state index contributed by atoms with van der Waals surface area (Å²) in [4.78, 5) is 22.2. The molecule has 7 heteroatoms. The number of amides is 1. The predicted octanol–water partition coefficient (Wildman–Crippen LogP) is 2.08. The number of halogens is 1. The summed E-state index contributed by atoms with van der Waals surface area (Å²) in [6.45, 7) is 1.22. The van der Waals surface area contributed by atoms with E-state index in [4.69, 9.17) is 16.3 Å². The minimum atomic E-state index is -0.0833. The van der Waals surface area contributed by atoms with Crippen molar-refractivity contribution < 1.29 is 9.53 Å². The molecule has 1 N–H and O–H groups in total. The lowest BCUT2D eigenvalue weighted by Gasteiger charge is -2.40. The molecule has 0 unspecified atom stereocenters. The van der Waals surface area contributed by atoms with Gasteiger partial charge in [-0.15, -0.1) is 0 Å². The molecule has 1 aliphatic rings. The second-order valence-corrected chi connectivity index (χ2v) is 5.43. The fourth-order valence-electron chi connectivity index (χ4n) is 2.34. The summed E-state index contributed by atoms with van der Waals surface area (Å²) in [6.07, 6.45) is 3.16. The van der Waals surface area contributed by atoms with Crippen LogP contribution >= 0.6 is 11.6 Å². The van der Waals surface area contributed by atoms with Gasteiger partial charge in [0.25, 0.3) is 5.91 Å². The molecule has 114 valence electrons. The first-order chi connectivity index (χ1) is 10.7. The molecule has 0 radical (unpaired) electrons. The van der Waals surface area contributed by atoms with E-state index >= 15 is 0 Å². The normalized spacial score (nSPS) is 14.4. The molecule has 1 aromatic heterocycles. The van der Waals surface area contributed by atoms with Crippen LogP contribution in [0.5, 0.6) is 5.75 Å². The van der Waals surface area contributed by atoms with Crippen LogP contribution in [0.3, 0.4) is 0 Å². The predicted molar refractivity (Wildman–Crippen MR) is 83.4 cm³/mol. The van der Waals surface area contributed by atoms with Crippen LogP contribution in [0.15, 0.2) is 36.8 Å². The zero-order chi connectivity index (χ0) is 15.5. The molecule has 6 nitrogen and oxygen atoms in total. The third-order valence-corrected chi connectivity index (χ3v) is 3.73. The maximum absolute atomic E-state index is 12.5. The van der Waals surface area contributed by atoms with Crippen molar-refractivity contribution in [3.05, 3.63) is 47.4 Å². The smallest absolute Gasteiger partial charge is 0.257 e. The first-order valence-electron chi connectivity index (χ1n) is 6.82. The standard InChI is InChI=1S/C15H15ClN4O2/c1-22-13-3-2-10(16)6-12(13)15(21)20-7-11(8-20)19-14-4-5-17-9-18-14/h2-6,9,11H,7-8H2,1H3,(H,17,18,19). The van der Waals surface area contributed by atoms with Crippen LogP contribution in [0.2, 0.25) is 5.02 Å². The van der Waals surface area contributed by atoms with Crippen molar-refractivity contribution in [2.75, 3.05) is 25.5 Å². The maximum atomic E-state index is 12.5. The summed E-state index contributed by atoms with van der Waals surface area (Å²) in [5.41, 5.74) is 0.482. The van der Waals surface area contributed by atoms with Crippen LogP contribution in [-0.2, 0) is 0 Å². The number of carbonyl (C=O) groups is 1. The first-order valence-corrected chi connectivity index (χ1v) is 7.20. The molecule has 2 heterocycles. The Kier molecular flexibility index (Phi) is 4.11. The molecule has 1 amide bonds. The van der Waals surface area contributed by atoms with Crippen LogP contribution in [0.4, 0.5) is 5.82 Å². The number of hydrogen-bond acceptors (Lipinski definition) is 5. The minimum absolute atomic E-state index is 0.0833. The van der Waals surface area contributed by atoms with Gasteiger partial charge in [0.1, 0.15) is 17.9 Å². The van der Waals surface area contributed by atoms with E-state index in [-0.39, 0.29) is 11.9 Å². The lowest BCUT2D eigenvalue weighted by Crippen LogP contribution is -2.57. The van der Waals surface area contributed by atoms with Crippen LogP contribution in [0, 0.1) is 0 Å². The molecule has 0 atom stereocenters. The van der Waals surface area contributed by atoms with E-state index < -0.39 is 0 Å². The number of benzene rings is 1. The van der Waals surface area contributed by atoms with Gasteiger partial charge in [0.05, 0.1) is 18.7 Å². The quantitative estimate of drug-likeness (QED) is 0.934. The van der Waals surface area contributed by atoms with E-state index in [1.165, 1.54) is 13.4 Å². The molecule has 1 aliphatic heterocycles. The highest BCUT2D eigenvalue weighted by Gasteiger charge is 2.32. The summed E-state index contributed by atoms with van der Waals surface area (Å²) < 4.78 is 5.22. The third kappa shape index (κ3) is 2.96. The average Bonchev–Trinajstić information content (AvgIpc) is 2.51. The summed E-state index contributed by atoms with van der Waals surface area (Å²) in [7, 11) is 1.54. The molecule has 0 spiro atoms. The van der Waals surface area contributed by atoms with E-state index in [1.807, 2.05) is 0 Å². The second kappa shape index (κ2) is 6.19. The fraction of sp³-hybridized carbons (Fsp3) is 0.267. The van der Waals surface area contributed by atoms with Gasteiger partial charge in [-0.3, -0.25) is 4.79 Å². The van der Waals surface area contributed by atoms with Crippen molar-refractivity contribution in [3.8, 4) is 5.75 Å². The van der Waals surface area contributed by atoms with Gasteiger partial charge in [-0.25, -0.2) is 9.97 Å². The molecule has 0 saturated carbocycles. The summed E-state index contributed by atoms with van der Waals surface area (Å²) in [6, 6.07) is 7.01. The lowest BCUT2D eigenvalue weighted by molar-refractivity contribution is 0.0621. The summed E-state index contributed by atoms with van der Waals surface area (Å²) >= 11 is 5.97. The third-order valence-electron chi connectivity index (χ3n) is 3.49. The number of nitrogens with one attached hydrogen (secondary N) is 1. The lowest BCUT2D eigenvalue weighted by atomic mass is 10.1. The van der Waals surface area contributed by atoms with Crippen molar-refractivity contribution in [1.82, 2.24) is 14.9 Å². The number of methoxy groups -OCH3 is 1. The highest BCUT2D eigenvalue weighted by atomic mass is 35.5. The van der Waals surface area contributed by atoms with Crippen LogP contribution in [0.1, 0.15) is 10.4 Å². The van der Waals surface area contributed by atoms with Crippen molar-refractivity contribution >= 4 is 23.3 Å². The molecule has 0 aliphatic carbocycles. The Morgan fingerprint density at radius 1 is 1.41 bits per heavy atom. The van der Waals surface area contributed by atoms with E-state index in [0.717, 1.165) is 5.82 Å². The van der Waals surface area contributed by atoms with Crippen LogP contribution < -0.4 is 10.1 Å². The highest BCUT2D eigenvalue weighted by molar-refractivity contribution is 6.31. The number of nitrogens with zero attached hydrogens (tertiary/aromatic N) is 3. The molecule has 22 heavy (non-hydrogen) atoms. The van der Waals surface area contributed by atoms with Crippen molar-refractivity contribution in [1.29, 1.82) is 0 Å². The SMILES string of the molecule is COc1ccc(Cl)cc1C(=O)N1CC(Nc2ccncn2)C1. The zero-order valence-corrected chi connectivity index (χ0v) is 12.7. The van der Waals surface area contributed by atoms with Gasteiger partial charge in [-0.05, 0) is 24.3 Å². The number of carbonyl (C=O) groups excluding carboxylic acids is 1. The van der Waals surface area contributed by atoms with Crippen molar-refractivity contribution in [2.45, 2.75) is 6.04 Å². The Bertz CT molecular complexity index is 674. The molecular weight excluding hydrogens is 304 g/mol. The first kappa shape index (κ1) is 14.6. The van der Waals surface area contributed by atoms with Gasteiger partial charge in [-0.2, -0.15) is 0 Å². The Balaban J connectivity index is 1.63. The van der Waals surface area contributed by atoms with Gasteiger partial charge in [0, 0.05) is 24.3 Å². The second-order valence-electron chi connectivity index (χ2n) is 4.99. The maximum Gasteiger partial charge on any atom is 0.257 e. The van der Waals surface area contributed by atoms with Crippen LogP contribution in [0.25, 0.3) is 0 Å². The number of rotatable bonds is 4. The Hall–Kier alpha value is -2.34. The molecule has 3 rings (SSSR count). The van der Waals surface area contributed by atoms with Gasteiger partial charge in [0.15, 0.2) is 0 Å². The van der Waals surface area contributed by atoms with Gasteiger partial charge >= 0.3 is 0 Å². The summed E-state index contributed by atoms with van der Waals surface area (Å²) in [5, 5.41) is 3.77. The van der Waals surface area contributed by atoms with Crippen LogP contribution in [-0.4, -0.2) is 47.0 Å². The van der Waals surface area contributed by atoms with Crippen molar-refractivity contribution in [3.63, 3.8) is 0 Å². The Labute approximate surface area is 133 Å². The number of aromatic nitrogens is 2. The molecule has 1 fully saturated rings. The molecule has 0 bridgehead atoms. The zero-order valence-electron chi connectivity index (χ0n) is 12.0. The number of hydrogen-bond donors (Lipinski definition) is 1. The van der Waals surface area contributed by atoms with E-state index in [1.54, 1.807) is 35.4 Å².